The second-order valence-corrected chi connectivity index (χ2v) is 5.03. The highest BCUT2D eigenvalue weighted by atomic mass is 35.5. The Labute approximate surface area is 118 Å². The van der Waals surface area contributed by atoms with E-state index < -0.39 is 12.1 Å². The second-order valence-electron chi connectivity index (χ2n) is 4.60. The molecule has 19 heavy (non-hydrogen) atoms. The van der Waals surface area contributed by atoms with Crippen LogP contribution in [0.4, 0.5) is 0 Å². The molecule has 0 aromatic heterocycles. The van der Waals surface area contributed by atoms with Gasteiger partial charge in [-0.05, 0) is 31.2 Å². The van der Waals surface area contributed by atoms with E-state index >= 15 is 0 Å². The topological polar surface area (TPSA) is 60.8 Å². The summed E-state index contributed by atoms with van der Waals surface area (Å²) in [6, 6.07) is 6.95. The SMILES string of the molecule is CCC(C(O)c1ccc(Cl)cc1)N(C)CCC(=O)O. The van der Waals surface area contributed by atoms with E-state index in [-0.39, 0.29) is 12.5 Å². The summed E-state index contributed by atoms with van der Waals surface area (Å²) < 4.78 is 0. The molecule has 5 heteroatoms. The fourth-order valence-electron chi connectivity index (χ4n) is 2.10. The minimum atomic E-state index is -0.831. The fourth-order valence-corrected chi connectivity index (χ4v) is 2.22. The maximum atomic E-state index is 10.6. The number of aliphatic hydroxyl groups excluding tert-OH is 1. The van der Waals surface area contributed by atoms with E-state index in [2.05, 4.69) is 0 Å². The van der Waals surface area contributed by atoms with E-state index in [1.54, 1.807) is 24.3 Å². The van der Waals surface area contributed by atoms with Gasteiger partial charge in [-0.2, -0.15) is 0 Å². The lowest BCUT2D eigenvalue weighted by Gasteiger charge is -2.31. The molecule has 0 aliphatic heterocycles. The quantitative estimate of drug-likeness (QED) is 0.808. The van der Waals surface area contributed by atoms with Crippen molar-refractivity contribution in [2.24, 2.45) is 0 Å². The van der Waals surface area contributed by atoms with E-state index in [4.69, 9.17) is 16.7 Å². The van der Waals surface area contributed by atoms with Crippen LogP contribution in [0.15, 0.2) is 24.3 Å². The maximum absolute atomic E-state index is 10.6. The molecular formula is C14H20ClNO3. The number of hydrogen-bond donors (Lipinski definition) is 2. The summed E-state index contributed by atoms with van der Waals surface area (Å²) in [6.45, 7) is 2.39. The molecule has 1 rings (SSSR count). The van der Waals surface area contributed by atoms with Crippen molar-refractivity contribution in [2.75, 3.05) is 13.6 Å². The van der Waals surface area contributed by atoms with Crippen LogP contribution in [-0.2, 0) is 4.79 Å². The van der Waals surface area contributed by atoms with Crippen LogP contribution in [0.2, 0.25) is 5.02 Å². The first-order chi connectivity index (χ1) is 8.95. The highest BCUT2D eigenvalue weighted by molar-refractivity contribution is 6.30. The first-order valence-electron chi connectivity index (χ1n) is 6.31. The molecule has 2 unspecified atom stereocenters. The number of nitrogens with zero attached hydrogens (tertiary/aromatic N) is 1. The first kappa shape index (κ1) is 16.0. The average Bonchev–Trinajstić information content (AvgIpc) is 2.37. The van der Waals surface area contributed by atoms with Crippen LogP contribution in [0.5, 0.6) is 0 Å². The van der Waals surface area contributed by atoms with Crippen molar-refractivity contribution in [3.8, 4) is 0 Å². The van der Waals surface area contributed by atoms with Gasteiger partial charge in [0, 0.05) is 17.6 Å². The maximum Gasteiger partial charge on any atom is 0.304 e. The van der Waals surface area contributed by atoms with Crippen molar-refractivity contribution in [1.82, 2.24) is 4.90 Å². The molecule has 0 saturated carbocycles. The number of aliphatic carboxylic acids is 1. The Bertz CT molecular complexity index is 408. The molecular weight excluding hydrogens is 266 g/mol. The third-order valence-electron chi connectivity index (χ3n) is 3.24. The van der Waals surface area contributed by atoms with Crippen molar-refractivity contribution >= 4 is 17.6 Å². The Morgan fingerprint density at radius 1 is 1.37 bits per heavy atom. The summed E-state index contributed by atoms with van der Waals surface area (Å²) in [7, 11) is 1.83. The predicted molar refractivity (Wildman–Crippen MR) is 75.4 cm³/mol. The van der Waals surface area contributed by atoms with Gasteiger partial charge in [-0.1, -0.05) is 30.7 Å². The number of hydrogen-bond acceptors (Lipinski definition) is 3. The average molecular weight is 286 g/mol. The summed E-state index contributed by atoms with van der Waals surface area (Å²) in [5.74, 6) is -0.831. The molecule has 0 fully saturated rings. The molecule has 0 spiro atoms. The van der Waals surface area contributed by atoms with Gasteiger partial charge in [0.15, 0.2) is 0 Å². The zero-order valence-electron chi connectivity index (χ0n) is 11.2. The first-order valence-corrected chi connectivity index (χ1v) is 6.69. The monoisotopic (exact) mass is 285 g/mol. The number of carboxylic acids is 1. The van der Waals surface area contributed by atoms with Crippen LogP contribution >= 0.6 is 11.6 Å². The molecule has 2 atom stereocenters. The standard InChI is InChI=1S/C14H20ClNO3/c1-3-12(16(2)9-8-13(17)18)14(19)10-4-6-11(15)7-5-10/h4-7,12,14,19H,3,8-9H2,1-2H3,(H,17,18). The Balaban J connectivity index is 2.72. The molecule has 0 aliphatic rings. The number of likely N-dealkylation sites (N-methyl/N-ethyl adjacent to an activating group) is 1. The van der Waals surface area contributed by atoms with Gasteiger partial charge >= 0.3 is 5.97 Å². The minimum absolute atomic E-state index is 0.0698. The van der Waals surface area contributed by atoms with E-state index in [9.17, 15) is 9.90 Å². The van der Waals surface area contributed by atoms with Crippen molar-refractivity contribution in [1.29, 1.82) is 0 Å². The Morgan fingerprint density at radius 3 is 2.42 bits per heavy atom. The van der Waals surface area contributed by atoms with Gasteiger partial charge in [0.1, 0.15) is 0 Å². The minimum Gasteiger partial charge on any atom is -0.481 e. The number of aliphatic hydroxyl groups is 1. The van der Waals surface area contributed by atoms with Gasteiger partial charge < -0.3 is 10.2 Å². The Morgan fingerprint density at radius 2 is 1.95 bits per heavy atom. The molecule has 4 nitrogen and oxygen atoms in total. The van der Waals surface area contributed by atoms with Crippen molar-refractivity contribution in [2.45, 2.75) is 31.9 Å². The number of carboxylic acid groups (broad SMARTS) is 1. The van der Waals surface area contributed by atoms with Gasteiger partial charge in [0.05, 0.1) is 12.5 Å². The molecule has 106 valence electrons. The zero-order chi connectivity index (χ0) is 14.4. The lowest BCUT2D eigenvalue weighted by molar-refractivity contribution is -0.137. The Hall–Kier alpha value is -1.10. The number of carbonyl (C=O) groups is 1. The molecule has 0 saturated heterocycles. The predicted octanol–water partition coefficient (Wildman–Crippen LogP) is 2.56. The van der Waals surface area contributed by atoms with E-state index in [1.165, 1.54) is 0 Å². The molecule has 0 heterocycles. The third-order valence-corrected chi connectivity index (χ3v) is 3.49. The van der Waals surface area contributed by atoms with Gasteiger partial charge in [0.2, 0.25) is 0 Å². The molecule has 2 N–H and O–H groups in total. The van der Waals surface area contributed by atoms with E-state index in [0.29, 0.717) is 11.6 Å². The van der Waals surface area contributed by atoms with Crippen molar-refractivity contribution < 1.29 is 15.0 Å². The van der Waals surface area contributed by atoms with E-state index in [0.717, 1.165) is 12.0 Å². The largest absolute Gasteiger partial charge is 0.481 e. The van der Waals surface area contributed by atoms with Gasteiger partial charge in [-0.3, -0.25) is 9.69 Å². The normalized spacial score (nSPS) is 14.4. The molecule has 0 amide bonds. The molecule has 0 radical (unpaired) electrons. The van der Waals surface area contributed by atoms with Gasteiger partial charge in [0.25, 0.3) is 0 Å². The van der Waals surface area contributed by atoms with Crippen LogP contribution in [0, 0.1) is 0 Å². The van der Waals surface area contributed by atoms with Gasteiger partial charge in [-0.15, -0.1) is 0 Å². The molecule has 1 aromatic carbocycles. The number of benzene rings is 1. The van der Waals surface area contributed by atoms with Crippen LogP contribution < -0.4 is 0 Å². The molecule has 0 bridgehead atoms. The highest BCUT2D eigenvalue weighted by Crippen LogP contribution is 2.24. The highest BCUT2D eigenvalue weighted by Gasteiger charge is 2.23. The zero-order valence-corrected chi connectivity index (χ0v) is 12.0. The van der Waals surface area contributed by atoms with Crippen molar-refractivity contribution in [3.63, 3.8) is 0 Å². The lowest BCUT2D eigenvalue weighted by atomic mass is 9.99. The second kappa shape index (κ2) is 7.48. The summed E-state index contributed by atoms with van der Waals surface area (Å²) in [6.07, 6.45) is 0.154. The van der Waals surface area contributed by atoms with Gasteiger partial charge in [-0.25, -0.2) is 0 Å². The van der Waals surface area contributed by atoms with E-state index in [1.807, 2.05) is 18.9 Å². The summed E-state index contributed by atoms with van der Waals surface area (Å²) in [5, 5.41) is 19.7. The molecule has 0 aliphatic carbocycles. The smallest absolute Gasteiger partial charge is 0.304 e. The summed E-state index contributed by atoms with van der Waals surface area (Å²) in [4.78, 5) is 12.5. The summed E-state index contributed by atoms with van der Waals surface area (Å²) in [5.41, 5.74) is 0.790. The number of rotatable bonds is 7. The molecule has 1 aromatic rings. The lowest BCUT2D eigenvalue weighted by Crippen LogP contribution is -2.37. The summed E-state index contributed by atoms with van der Waals surface area (Å²) >= 11 is 5.82. The van der Waals surface area contributed by atoms with Crippen LogP contribution in [-0.4, -0.2) is 40.7 Å². The third kappa shape index (κ3) is 4.82. The van der Waals surface area contributed by atoms with Crippen LogP contribution in [0.1, 0.15) is 31.4 Å². The fraction of sp³-hybridized carbons (Fsp3) is 0.500. The number of halogens is 1. The van der Waals surface area contributed by atoms with Crippen LogP contribution in [0.3, 0.4) is 0 Å². The van der Waals surface area contributed by atoms with Crippen LogP contribution in [0.25, 0.3) is 0 Å². The van der Waals surface area contributed by atoms with Crippen molar-refractivity contribution in [3.05, 3.63) is 34.9 Å². The Kier molecular flexibility index (Phi) is 6.28.